The van der Waals surface area contributed by atoms with Gasteiger partial charge in [-0.25, -0.2) is 0 Å². The third kappa shape index (κ3) is 2.81. The maximum absolute atomic E-state index is 9.91. The molecule has 0 aliphatic heterocycles. The highest BCUT2D eigenvalue weighted by Gasteiger charge is 2.20. The lowest BCUT2D eigenvalue weighted by Crippen LogP contribution is -2.08. The summed E-state index contributed by atoms with van der Waals surface area (Å²) in [5.74, 6) is 1.47. The standard InChI is InChI=1S/C12H18O5/c1-14-7-9(13)8-5-6-10(15-2)12(17-4)11(8)16-3/h5-6,9,13H,7H2,1-4H3. The Bertz CT molecular complexity index is 364. The van der Waals surface area contributed by atoms with Gasteiger partial charge in [-0.1, -0.05) is 0 Å². The first-order valence-electron chi connectivity index (χ1n) is 5.15. The van der Waals surface area contributed by atoms with Crippen molar-refractivity contribution < 1.29 is 24.1 Å². The number of aliphatic hydroxyl groups excluding tert-OH is 1. The SMILES string of the molecule is COCC(O)c1ccc(OC)c(OC)c1OC. The van der Waals surface area contributed by atoms with Crippen molar-refractivity contribution >= 4 is 0 Å². The quantitative estimate of drug-likeness (QED) is 0.817. The van der Waals surface area contributed by atoms with Crippen LogP contribution >= 0.6 is 0 Å². The van der Waals surface area contributed by atoms with Crippen LogP contribution in [0, 0.1) is 0 Å². The largest absolute Gasteiger partial charge is 0.493 e. The molecule has 0 radical (unpaired) electrons. The lowest BCUT2D eigenvalue weighted by molar-refractivity contribution is 0.0624. The third-order valence-corrected chi connectivity index (χ3v) is 2.42. The summed E-state index contributed by atoms with van der Waals surface area (Å²) in [6, 6.07) is 3.44. The Morgan fingerprint density at radius 1 is 1.00 bits per heavy atom. The van der Waals surface area contributed by atoms with Crippen molar-refractivity contribution in [3.8, 4) is 17.2 Å². The lowest BCUT2D eigenvalue weighted by atomic mass is 10.1. The van der Waals surface area contributed by atoms with Gasteiger partial charge in [0.15, 0.2) is 11.5 Å². The van der Waals surface area contributed by atoms with E-state index in [0.29, 0.717) is 22.8 Å². The first-order chi connectivity index (χ1) is 8.19. The number of hydrogen-bond acceptors (Lipinski definition) is 5. The minimum absolute atomic E-state index is 0.186. The van der Waals surface area contributed by atoms with Crippen molar-refractivity contribution in [3.05, 3.63) is 17.7 Å². The lowest BCUT2D eigenvalue weighted by Gasteiger charge is -2.18. The van der Waals surface area contributed by atoms with Gasteiger partial charge in [0.1, 0.15) is 6.10 Å². The molecular weight excluding hydrogens is 224 g/mol. The van der Waals surface area contributed by atoms with Gasteiger partial charge in [0.2, 0.25) is 5.75 Å². The van der Waals surface area contributed by atoms with Crippen LogP contribution in [0.15, 0.2) is 12.1 Å². The second-order valence-corrected chi connectivity index (χ2v) is 3.39. The topological polar surface area (TPSA) is 57.2 Å². The minimum Gasteiger partial charge on any atom is -0.493 e. The molecule has 0 spiro atoms. The summed E-state index contributed by atoms with van der Waals surface area (Å²) in [4.78, 5) is 0. The van der Waals surface area contributed by atoms with Crippen molar-refractivity contribution in [1.82, 2.24) is 0 Å². The van der Waals surface area contributed by atoms with E-state index in [1.165, 1.54) is 21.3 Å². The summed E-state index contributed by atoms with van der Waals surface area (Å²) in [7, 11) is 6.10. The van der Waals surface area contributed by atoms with E-state index >= 15 is 0 Å². The third-order valence-electron chi connectivity index (χ3n) is 2.42. The van der Waals surface area contributed by atoms with Crippen LogP contribution < -0.4 is 14.2 Å². The van der Waals surface area contributed by atoms with Crippen LogP contribution in [0.4, 0.5) is 0 Å². The van der Waals surface area contributed by atoms with E-state index in [9.17, 15) is 5.11 Å². The normalized spacial score (nSPS) is 12.1. The fourth-order valence-corrected chi connectivity index (χ4v) is 1.63. The zero-order valence-electron chi connectivity index (χ0n) is 10.5. The number of ether oxygens (including phenoxy) is 4. The molecule has 0 heterocycles. The van der Waals surface area contributed by atoms with Gasteiger partial charge in [-0.15, -0.1) is 0 Å². The van der Waals surface area contributed by atoms with Gasteiger partial charge in [-0.2, -0.15) is 0 Å². The van der Waals surface area contributed by atoms with Gasteiger partial charge in [0.05, 0.1) is 27.9 Å². The molecule has 1 aromatic rings. The molecule has 1 rings (SSSR count). The van der Waals surface area contributed by atoms with E-state index in [2.05, 4.69) is 0 Å². The Balaban J connectivity index is 3.22. The highest BCUT2D eigenvalue weighted by molar-refractivity contribution is 5.56. The predicted molar refractivity (Wildman–Crippen MR) is 62.9 cm³/mol. The van der Waals surface area contributed by atoms with Crippen LogP contribution in [-0.2, 0) is 4.74 Å². The average Bonchev–Trinajstić information content (AvgIpc) is 2.36. The molecule has 0 bridgehead atoms. The van der Waals surface area contributed by atoms with E-state index in [1.54, 1.807) is 19.2 Å². The van der Waals surface area contributed by atoms with Crippen LogP contribution in [0.3, 0.4) is 0 Å². The van der Waals surface area contributed by atoms with Crippen LogP contribution in [0.1, 0.15) is 11.7 Å². The molecule has 1 unspecified atom stereocenters. The van der Waals surface area contributed by atoms with Crippen molar-refractivity contribution in [1.29, 1.82) is 0 Å². The number of aliphatic hydroxyl groups is 1. The number of benzene rings is 1. The molecule has 1 N–H and O–H groups in total. The van der Waals surface area contributed by atoms with Crippen LogP contribution in [-0.4, -0.2) is 40.2 Å². The number of methoxy groups -OCH3 is 4. The van der Waals surface area contributed by atoms with Crippen LogP contribution in [0.5, 0.6) is 17.2 Å². The summed E-state index contributed by atoms with van der Waals surface area (Å²) < 4.78 is 20.5. The first-order valence-corrected chi connectivity index (χ1v) is 5.15. The fourth-order valence-electron chi connectivity index (χ4n) is 1.63. The molecule has 17 heavy (non-hydrogen) atoms. The highest BCUT2D eigenvalue weighted by Crippen LogP contribution is 2.41. The van der Waals surface area contributed by atoms with Crippen molar-refractivity contribution in [2.75, 3.05) is 35.0 Å². The molecule has 5 nitrogen and oxygen atoms in total. The Hall–Kier alpha value is -1.46. The summed E-state index contributed by atoms with van der Waals surface area (Å²) in [5, 5.41) is 9.91. The summed E-state index contributed by atoms with van der Waals surface area (Å²) >= 11 is 0. The smallest absolute Gasteiger partial charge is 0.203 e. The molecule has 0 aliphatic rings. The van der Waals surface area contributed by atoms with Gasteiger partial charge in [0.25, 0.3) is 0 Å². The molecule has 0 aliphatic carbocycles. The number of hydrogen-bond donors (Lipinski definition) is 1. The molecule has 0 saturated carbocycles. The minimum atomic E-state index is -0.769. The zero-order valence-corrected chi connectivity index (χ0v) is 10.5. The molecule has 0 saturated heterocycles. The van der Waals surface area contributed by atoms with E-state index in [4.69, 9.17) is 18.9 Å². The monoisotopic (exact) mass is 242 g/mol. The molecule has 0 aromatic heterocycles. The van der Waals surface area contributed by atoms with E-state index < -0.39 is 6.10 Å². The van der Waals surface area contributed by atoms with Gasteiger partial charge < -0.3 is 24.1 Å². The van der Waals surface area contributed by atoms with Gasteiger partial charge in [0, 0.05) is 12.7 Å². The van der Waals surface area contributed by atoms with Crippen molar-refractivity contribution in [3.63, 3.8) is 0 Å². The second kappa shape index (κ2) is 6.32. The first kappa shape index (κ1) is 13.6. The van der Waals surface area contributed by atoms with Gasteiger partial charge in [-0.3, -0.25) is 0 Å². The second-order valence-electron chi connectivity index (χ2n) is 3.39. The van der Waals surface area contributed by atoms with Crippen LogP contribution in [0.25, 0.3) is 0 Å². The summed E-state index contributed by atoms with van der Waals surface area (Å²) in [6.07, 6.45) is -0.769. The predicted octanol–water partition coefficient (Wildman–Crippen LogP) is 1.39. The van der Waals surface area contributed by atoms with Gasteiger partial charge in [-0.05, 0) is 12.1 Å². The molecule has 0 fully saturated rings. The Kier molecular flexibility index (Phi) is 5.06. The molecular formula is C12H18O5. The van der Waals surface area contributed by atoms with Crippen molar-refractivity contribution in [2.24, 2.45) is 0 Å². The Morgan fingerprint density at radius 2 is 1.65 bits per heavy atom. The molecule has 0 amide bonds. The maximum atomic E-state index is 9.91. The van der Waals surface area contributed by atoms with E-state index in [1.807, 2.05) is 0 Å². The highest BCUT2D eigenvalue weighted by atomic mass is 16.5. The molecule has 1 aromatic carbocycles. The average molecular weight is 242 g/mol. The summed E-state index contributed by atoms with van der Waals surface area (Å²) in [6.45, 7) is 0.186. The van der Waals surface area contributed by atoms with E-state index in [-0.39, 0.29) is 6.61 Å². The maximum Gasteiger partial charge on any atom is 0.203 e. The molecule has 1 atom stereocenters. The number of rotatable bonds is 6. The van der Waals surface area contributed by atoms with Crippen molar-refractivity contribution in [2.45, 2.75) is 6.10 Å². The van der Waals surface area contributed by atoms with Crippen LogP contribution in [0.2, 0.25) is 0 Å². The summed E-state index contributed by atoms with van der Waals surface area (Å²) in [5.41, 5.74) is 0.604. The Morgan fingerprint density at radius 3 is 2.12 bits per heavy atom. The zero-order chi connectivity index (χ0) is 12.8. The fraction of sp³-hybridized carbons (Fsp3) is 0.500. The van der Waals surface area contributed by atoms with E-state index in [0.717, 1.165) is 0 Å². The van der Waals surface area contributed by atoms with Gasteiger partial charge >= 0.3 is 0 Å². The molecule has 96 valence electrons. The Labute approximate surface area is 101 Å². The molecule has 5 heteroatoms.